The standard InChI is InChI=1S/C17H26O2/c1-6-7-8-13(2)15(12-11-14-9-10-14)19-16(18)17(3,4)5/h14-15H,2,6-10H2,1,3-5H3. The van der Waals surface area contributed by atoms with Gasteiger partial charge in [0.15, 0.2) is 6.10 Å². The fourth-order valence-electron chi connectivity index (χ4n) is 1.45. The van der Waals surface area contributed by atoms with Gasteiger partial charge < -0.3 is 4.74 Å². The highest BCUT2D eigenvalue weighted by atomic mass is 16.5. The summed E-state index contributed by atoms with van der Waals surface area (Å²) in [6, 6.07) is 0. The summed E-state index contributed by atoms with van der Waals surface area (Å²) in [7, 11) is 0. The Bertz CT molecular complexity index is 386. The predicted molar refractivity (Wildman–Crippen MR) is 78.5 cm³/mol. The molecule has 19 heavy (non-hydrogen) atoms. The first-order chi connectivity index (χ1) is 8.84. The molecule has 0 radical (unpaired) electrons. The van der Waals surface area contributed by atoms with Gasteiger partial charge in [-0.25, -0.2) is 0 Å². The average molecular weight is 262 g/mol. The van der Waals surface area contributed by atoms with Crippen LogP contribution in [0.1, 0.15) is 59.8 Å². The summed E-state index contributed by atoms with van der Waals surface area (Å²) >= 11 is 0. The first kappa shape index (κ1) is 15.8. The minimum atomic E-state index is -0.495. The second kappa shape index (κ2) is 6.80. The lowest BCUT2D eigenvalue weighted by molar-refractivity contribution is -0.154. The third kappa shape index (κ3) is 5.96. The molecule has 1 rings (SSSR count). The van der Waals surface area contributed by atoms with E-state index in [2.05, 4.69) is 25.3 Å². The minimum Gasteiger partial charge on any atom is -0.444 e. The van der Waals surface area contributed by atoms with Gasteiger partial charge in [-0.1, -0.05) is 31.8 Å². The van der Waals surface area contributed by atoms with Crippen LogP contribution >= 0.6 is 0 Å². The van der Waals surface area contributed by atoms with E-state index in [9.17, 15) is 4.79 Å². The molecule has 0 aromatic carbocycles. The Morgan fingerprint density at radius 3 is 2.53 bits per heavy atom. The van der Waals surface area contributed by atoms with Gasteiger partial charge in [0.1, 0.15) is 0 Å². The molecule has 0 N–H and O–H groups in total. The van der Waals surface area contributed by atoms with Gasteiger partial charge in [0, 0.05) is 5.92 Å². The van der Waals surface area contributed by atoms with Crippen molar-refractivity contribution in [1.82, 2.24) is 0 Å². The van der Waals surface area contributed by atoms with Gasteiger partial charge in [-0.15, -0.1) is 0 Å². The first-order valence-electron chi connectivity index (χ1n) is 7.24. The Kier molecular flexibility index (Phi) is 5.66. The van der Waals surface area contributed by atoms with Crippen LogP contribution < -0.4 is 0 Å². The Morgan fingerprint density at radius 2 is 2.05 bits per heavy atom. The number of unbranched alkanes of at least 4 members (excludes halogenated alkanes) is 1. The maximum absolute atomic E-state index is 12.0. The van der Waals surface area contributed by atoms with Crippen molar-refractivity contribution in [3.8, 4) is 11.8 Å². The highest BCUT2D eigenvalue weighted by Crippen LogP contribution is 2.28. The molecule has 0 heterocycles. The Labute approximate surface area is 117 Å². The van der Waals surface area contributed by atoms with Crippen molar-refractivity contribution >= 4 is 5.97 Å². The number of rotatable bonds is 5. The summed E-state index contributed by atoms with van der Waals surface area (Å²) in [4.78, 5) is 12.0. The molecule has 0 bridgehead atoms. The van der Waals surface area contributed by atoms with Crippen molar-refractivity contribution in [2.24, 2.45) is 11.3 Å². The molecule has 0 aliphatic heterocycles. The van der Waals surface area contributed by atoms with E-state index in [4.69, 9.17) is 4.74 Å². The van der Waals surface area contributed by atoms with Gasteiger partial charge in [-0.3, -0.25) is 4.79 Å². The maximum Gasteiger partial charge on any atom is 0.312 e. The van der Waals surface area contributed by atoms with E-state index in [1.807, 2.05) is 20.8 Å². The van der Waals surface area contributed by atoms with E-state index in [1.54, 1.807) is 0 Å². The van der Waals surface area contributed by atoms with Crippen molar-refractivity contribution in [3.63, 3.8) is 0 Å². The molecule has 0 aromatic heterocycles. The smallest absolute Gasteiger partial charge is 0.312 e. The van der Waals surface area contributed by atoms with E-state index in [0.717, 1.165) is 24.8 Å². The van der Waals surface area contributed by atoms with Crippen molar-refractivity contribution in [2.75, 3.05) is 0 Å². The minimum absolute atomic E-state index is 0.208. The molecule has 1 unspecified atom stereocenters. The Balaban J connectivity index is 2.66. The molecular formula is C17H26O2. The summed E-state index contributed by atoms with van der Waals surface area (Å²) < 4.78 is 5.54. The van der Waals surface area contributed by atoms with E-state index in [-0.39, 0.29) is 5.97 Å². The number of hydrogen-bond acceptors (Lipinski definition) is 2. The lowest BCUT2D eigenvalue weighted by atomic mass is 9.97. The van der Waals surface area contributed by atoms with Gasteiger partial charge in [0.2, 0.25) is 0 Å². The molecule has 0 amide bonds. The molecule has 0 saturated heterocycles. The summed E-state index contributed by atoms with van der Waals surface area (Å²) in [6.45, 7) is 11.8. The van der Waals surface area contributed by atoms with Gasteiger partial charge in [-0.2, -0.15) is 0 Å². The topological polar surface area (TPSA) is 26.3 Å². The number of esters is 1. The van der Waals surface area contributed by atoms with Crippen LogP contribution in [0.2, 0.25) is 0 Å². The second-order valence-electron chi connectivity index (χ2n) is 6.36. The number of ether oxygens (including phenoxy) is 1. The van der Waals surface area contributed by atoms with Crippen LogP contribution in [0.5, 0.6) is 0 Å². The van der Waals surface area contributed by atoms with Crippen LogP contribution in [0.15, 0.2) is 12.2 Å². The number of carbonyl (C=O) groups excluding carboxylic acids is 1. The predicted octanol–water partition coefficient (Wildman–Crippen LogP) is 4.10. The van der Waals surface area contributed by atoms with E-state index in [1.165, 1.54) is 12.8 Å². The molecule has 1 atom stereocenters. The largest absolute Gasteiger partial charge is 0.444 e. The Hall–Kier alpha value is -1.23. The fraction of sp³-hybridized carbons (Fsp3) is 0.706. The quantitative estimate of drug-likeness (QED) is 0.423. The van der Waals surface area contributed by atoms with Gasteiger partial charge >= 0.3 is 5.97 Å². The normalized spacial score (nSPS) is 16.2. The third-order valence-electron chi connectivity index (χ3n) is 3.06. The molecule has 2 nitrogen and oxygen atoms in total. The zero-order chi connectivity index (χ0) is 14.5. The highest BCUT2D eigenvalue weighted by molar-refractivity contribution is 5.76. The van der Waals surface area contributed by atoms with Crippen LogP contribution in [-0.2, 0) is 9.53 Å². The molecular weight excluding hydrogens is 236 g/mol. The van der Waals surface area contributed by atoms with Gasteiger partial charge in [-0.05, 0) is 52.0 Å². The molecule has 1 fully saturated rings. The van der Waals surface area contributed by atoms with E-state index < -0.39 is 11.5 Å². The third-order valence-corrected chi connectivity index (χ3v) is 3.06. The van der Waals surface area contributed by atoms with Crippen LogP contribution in [0.3, 0.4) is 0 Å². The van der Waals surface area contributed by atoms with Crippen LogP contribution in [0.4, 0.5) is 0 Å². The monoisotopic (exact) mass is 262 g/mol. The molecule has 2 heteroatoms. The van der Waals surface area contributed by atoms with Gasteiger partial charge in [0.25, 0.3) is 0 Å². The summed E-state index contributed by atoms with van der Waals surface area (Å²) in [5.41, 5.74) is 0.428. The van der Waals surface area contributed by atoms with Crippen LogP contribution in [0.25, 0.3) is 0 Å². The van der Waals surface area contributed by atoms with Gasteiger partial charge in [0.05, 0.1) is 5.41 Å². The summed E-state index contributed by atoms with van der Waals surface area (Å²) in [5, 5.41) is 0. The molecule has 1 aliphatic carbocycles. The fourth-order valence-corrected chi connectivity index (χ4v) is 1.45. The molecule has 1 aliphatic rings. The maximum atomic E-state index is 12.0. The zero-order valence-corrected chi connectivity index (χ0v) is 12.7. The van der Waals surface area contributed by atoms with E-state index in [0.29, 0.717) is 5.92 Å². The van der Waals surface area contributed by atoms with Crippen LogP contribution in [0, 0.1) is 23.2 Å². The number of hydrogen-bond donors (Lipinski definition) is 0. The van der Waals surface area contributed by atoms with Crippen molar-refractivity contribution in [2.45, 2.75) is 65.9 Å². The van der Waals surface area contributed by atoms with E-state index >= 15 is 0 Å². The lowest BCUT2D eigenvalue weighted by Gasteiger charge is -2.21. The molecule has 106 valence electrons. The molecule has 0 spiro atoms. The van der Waals surface area contributed by atoms with Crippen molar-refractivity contribution < 1.29 is 9.53 Å². The van der Waals surface area contributed by atoms with Crippen LogP contribution in [-0.4, -0.2) is 12.1 Å². The van der Waals surface area contributed by atoms with Crippen molar-refractivity contribution in [1.29, 1.82) is 0 Å². The Morgan fingerprint density at radius 1 is 1.42 bits per heavy atom. The number of carbonyl (C=O) groups is 1. The molecule has 1 saturated carbocycles. The average Bonchev–Trinajstić information content (AvgIpc) is 3.13. The lowest BCUT2D eigenvalue weighted by Crippen LogP contribution is -2.28. The highest BCUT2D eigenvalue weighted by Gasteiger charge is 2.27. The zero-order valence-electron chi connectivity index (χ0n) is 12.7. The van der Waals surface area contributed by atoms with Crippen molar-refractivity contribution in [3.05, 3.63) is 12.2 Å². The first-order valence-corrected chi connectivity index (χ1v) is 7.24. The molecule has 0 aromatic rings. The SMILES string of the molecule is C=C(CCCC)C(C#CC1CC1)OC(=O)C(C)(C)C. The second-order valence-corrected chi connectivity index (χ2v) is 6.36. The summed E-state index contributed by atoms with van der Waals surface area (Å²) in [6.07, 6.45) is 4.96. The summed E-state index contributed by atoms with van der Waals surface area (Å²) in [5.74, 6) is 6.58.